The number of halogens is 1. The van der Waals surface area contributed by atoms with E-state index in [0.29, 0.717) is 36.0 Å². The molecular formula is C49H57FN12O6S. The number of hydrogen-bond acceptors (Lipinski definition) is 13. The number of carbonyl (C=O) groups is 4. The standard InChI is InChI=1S/C49H57FN12O6S/c1-28-42(69-27-53-28)31-7-5-29(6-8-31)21-52-46(66)38-20-34(63)25-62(38)48(68)43(49(2,3)4)58-40(64)13-14-41(65)59-15-17-60(18-16-59)47(67)32-11-12-36(35(50)19-32)56-44-45-51-24-39(33-22-54-55-23-33)61(45)26-37(57-44)30-9-10-30/h5-8,11-12,19,22-24,26-27,30,34,38,43,47,63,67H,9-10,13-18,20-21,25H2,1-4H3,(H,52,66)(H,54,55)(H,56,57)(H,58,64)/t34-,38+,43-,47?/m1/s1. The van der Waals surface area contributed by atoms with Gasteiger partial charge in [-0.15, -0.1) is 11.3 Å². The molecule has 362 valence electrons. The number of H-pyrrole nitrogens is 1. The Morgan fingerprint density at radius 2 is 1.75 bits per heavy atom. The maximum atomic E-state index is 15.8. The molecule has 3 aliphatic rings. The summed E-state index contributed by atoms with van der Waals surface area (Å²) in [5, 5.41) is 37.7. The second-order valence-electron chi connectivity index (χ2n) is 19.2. The molecule has 1 unspecified atom stereocenters. The van der Waals surface area contributed by atoms with E-state index >= 15 is 4.39 Å². The van der Waals surface area contributed by atoms with Crippen LogP contribution in [0.3, 0.4) is 0 Å². The summed E-state index contributed by atoms with van der Waals surface area (Å²) in [6, 6.07) is 10.3. The Morgan fingerprint density at radius 3 is 2.42 bits per heavy atom. The van der Waals surface area contributed by atoms with Crippen LogP contribution in [0.25, 0.3) is 27.3 Å². The number of hydrogen-bond donors (Lipinski definition) is 6. The van der Waals surface area contributed by atoms with Crippen LogP contribution in [-0.2, 0) is 25.7 Å². The van der Waals surface area contributed by atoms with E-state index in [-0.39, 0.29) is 57.0 Å². The number of aryl methyl sites for hydroxylation is 1. The van der Waals surface area contributed by atoms with Gasteiger partial charge >= 0.3 is 0 Å². The fraction of sp³-hybridized carbons (Fsp3) is 0.429. The quantitative estimate of drug-likeness (QED) is 0.0797. The second kappa shape index (κ2) is 19.8. The van der Waals surface area contributed by atoms with Crippen molar-refractivity contribution in [3.05, 3.63) is 101 Å². The minimum Gasteiger partial charge on any atom is -0.391 e. The topological polar surface area (TPSA) is 226 Å². The van der Waals surface area contributed by atoms with E-state index in [4.69, 9.17) is 4.98 Å². The van der Waals surface area contributed by atoms with Gasteiger partial charge in [-0.25, -0.2) is 19.3 Å². The van der Waals surface area contributed by atoms with Crippen LogP contribution in [0.5, 0.6) is 0 Å². The van der Waals surface area contributed by atoms with Crippen LogP contribution >= 0.6 is 11.3 Å². The largest absolute Gasteiger partial charge is 0.391 e. The molecule has 4 amide bonds. The lowest BCUT2D eigenvalue weighted by molar-refractivity contribution is -0.144. The SMILES string of the molecule is Cc1ncsc1-c1ccc(CNC(=O)[C@@H]2C[C@@H](O)CN2C(=O)[C@@H](NC(=O)CCC(=O)N2CCN(C(O)c3ccc(Nc4nc(C5CC5)cn5c(-c6cn[nH]c6)cnc45)c(F)c3)CC2)C(C)(C)C)cc1. The van der Waals surface area contributed by atoms with Gasteiger partial charge in [-0.1, -0.05) is 51.1 Å². The van der Waals surface area contributed by atoms with Crippen molar-refractivity contribution in [3.63, 3.8) is 0 Å². The van der Waals surface area contributed by atoms with Crippen LogP contribution in [0.4, 0.5) is 15.9 Å². The second-order valence-corrected chi connectivity index (χ2v) is 20.1. The van der Waals surface area contributed by atoms with Crippen molar-refractivity contribution < 1.29 is 33.8 Å². The highest BCUT2D eigenvalue weighted by Crippen LogP contribution is 2.41. The van der Waals surface area contributed by atoms with E-state index in [0.717, 1.165) is 51.5 Å². The zero-order chi connectivity index (χ0) is 48.6. The van der Waals surface area contributed by atoms with Gasteiger partial charge in [0.15, 0.2) is 11.5 Å². The first-order valence-corrected chi connectivity index (χ1v) is 24.2. The molecule has 6 aromatic rings. The first-order valence-electron chi connectivity index (χ1n) is 23.3. The first kappa shape index (κ1) is 47.5. The lowest BCUT2D eigenvalue weighted by Crippen LogP contribution is -2.57. The van der Waals surface area contributed by atoms with E-state index in [1.807, 2.05) is 41.8 Å². The summed E-state index contributed by atoms with van der Waals surface area (Å²) >= 11 is 1.56. The maximum Gasteiger partial charge on any atom is 0.246 e. The number of aromatic nitrogens is 6. The van der Waals surface area contributed by atoms with Crippen molar-refractivity contribution in [3.8, 4) is 21.7 Å². The minimum absolute atomic E-state index is 0.0589. The number of piperazine rings is 1. The highest BCUT2D eigenvalue weighted by molar-refractivity contribution is 7.13. The number of aliphatic hydroxyl groups is 2. The monoisotopic (exact) mass is 960 g/mol. The molecule has 2 aliphatic heterocycles. The summed E-state index contributed by atoms with van der Waals surface area (Å²) in [7, 11) is 0. The van der Waals surface area contributed by atoms with Gasteiger partial charge < -0.3 is 36.0 Å². The average Bonchev–Trinajstić information content (AvgIpc) is 3.65. The number of rotatable bonds is 15. The number of nitrogens with one attached hydrogen (secondary N) is 4. The third kappa shape index (κ3) is 10.5. The Balaban J connectivity index is 0.754. The predicted octanol–water partition coefficient (Wildman–Crippen LogP) is 5.04. The summed E-state index contributed by atoms with van der Waals surface area (Å²) in [6.45, 7) is 8.72. The van der Waals surface area contributed by atoms with Crippen LogP contribution < -0.4 is 16.0 Å². The molecule has 6 heterocycles. The van der Waals surface area contributed by atoms with Crippen LogP contribution in [0, 0.1) is 18.2 Å². The number of carbonyl (C=O) groups excluding carboxylic acids is 4. The van der Waals surface area contributed by atoms with Gasteiger partial charge in [-0.05, 0) is 54.0 Å². The van der Waals surface area contributed by atoms with Crippen molar-refractivity contribution in [1.29, 1.82) is 0 Å². The van der Waals surface area contributed by atoms with Crippen molar-refractivity contribution in [2.24, 2.45) is 5.41 Å². The van der Waals surface area contributed by atoms with Crippen molar-refractivity contribution >= 4 is 52.1 Å². The number of fused-ring (bicyclic) bond motifs is 1. The van der Waals surface area contributed by atoms with E-state index in [1.165, 1.54) is 11.0 Å². The number of benzene rings is 2. The summed E-state index contributed by atoms with van der Waals surface area (Å²) in [6.07, 6.45) is 6.99. The van der Waals surface area contributed by atoms with Crippen LogP contribution in [0.1, 0.15) is 87.5 Å². The normalized spacial score (nSPS) is 18.6. The van der Waals surface area contributed by atoms with E-state index in [2.05, 4.69) is 36.1 Å². The number of amides is 4. The third-order valence-electron chi connectivity index (χ3n) is 13.1. The third-order valence-corrected chi connectivity index (χ3v) is 14.1. The Bertz CT molecular complexity index is 2830. The lowest BCUT2D eigenvalue weighted by Gasteiger charge is -2.37. The maximum absolute atomic E-state index is 15.8. The Hall–Kier alpha value is -6.61. The molecule has 4 atom stereocenters. The Morgan fingerprint density at radius 1 is 0.986 bits per heavy atom. The smallest absolute Gasteiger partial charge is 0.246 e. The minimum atomic E-state index is -1.13. The van der Waals surface area contributed by atoms with E-state index < -0.39 is 53.4 Å². The van der Waals surface area contributed by atoms with Crippen molar-refractivity contribution in [2.75, 3.05) is 38.0 Å². The molecule has 6 N–H and O–H groups in total. The number of nitrogens with zero attached hydrogens (tertiary/aromatic N) is 8. The number of thiazole rings is 1. The number of aliphatic hydroxyl groups excluding tert-OH is 2. The zero-order valence-corrected chi connectivity index (χ0v) is 39.8. The number of aromatic amines is 1. The molecule has 0 radical (unpaired) electrons. The van der Waals surface area contributed by atoms with Gasteiger partial charge in [0.05, 0.1) is 51.7 Å². The van der Waals surface area contributed by atoms with Gasteiger partial charge in [0.1, 0.15) is 24.1 Å². The predicted molar refractivity (Wildman–Crippen MR) is 256 cm³/mol. The fourth-order valence-corrected chi connectivity index (χ4v) is 9.82. The molecule has 1 saturated carbocycles. The van der Waals surface area contributed by atoms with E-state index in [9.17, 15) is 29.4 Å². The number of likely N-dealkylation sites (tertiary alicyclic amines) is 1. The number of imidazole rings is 1. The van der Waals surface area contributed by atoms with Crippen molar-refractivity contribution in [2.45, 2.75) is 96.7 Å². The van der Waals surface area contributed by atoms with Gasteiger partial charge in [0.25, 0.3) is 0 Å². The molecule has 20 heteroatoms. The van der Waals surface area contributed by atoms with Crippen LogP contribution in [-0.4, -0.2) is 129 Å². The molecule has 2 saturated heterocycles. The highest BCUT2D eigenvalue weighted by Gasteiger charge is 2.44. The molecule has 2 aromatic carbocycles. The van der Waals surface area contributed by atoms with Gasteiger partial charge in [-0.2, -0.15) is 5.10 Å². The summed E-state index contributed by atoms with van der Waals surface area (Å²) in [5.74, 6) is -1.48. The molecule has 0 spiro atoms. The lowest BCUT2D eigenvalue weighted by atomic mass is 9.85. The molecule has 4 aromatic heterocycles. The summed E-state index contributed by atoms with van der Waals surface area (Å²) in [4.78, 5) is 73.9. The molecule has 1 aliphatic carbocycles. The Kier molecular flexibility index (Phi) is 13.6. The van der Waals surface area contributed by atoms with E-state index in [1.54, 1.807) is 78.1 Å². The van der Waals surface area contributed by atoms with Gasteiger partial charge in [0.2, 0.25) is 23.6 Å². The molecular weight excluding hydrogens is 904 g/mol. The number of β-amino-alcohol motifs (C(OH)–C–C–N with tert-alkyl or cyclic N) is 1. The zero-order valence-electron chi connectivity index (χ0n) is 39.0. The highest BCUT2D eigenvalue weighted by atomic mass is 32.1. The first-order chi connectivity index (χ1) is 33.1. The Labute approximate surface area is 402 Å². The van der Waals surface area contributed by atoms with Gasteiger partial charge in [0, 0.05) is 82.4 Å². The fourth-order valence-electron chi connectivity index (χ4n) is 9.01. The van der Waals surface area contributed by atoms with Crippen LogP contribution in [0.15, 0.2) is 72.8 Å². The van der Waals surface area contributed by atoms with Crippen molar-refractivity contribution in [1.82, 2.24) is 54.9 Å². The molecule has 3 fully saturated rings. The molecule has 9 rings (SSSR count). The molecule has 69 heavy (non-hydrogen) atoms. The van der Waals surface area contributed by atoms with Gasteiger partial charge in [-0.3, -0.25) is 33.6 Å². The summed E-state index contributed by atoms with van der Waals surface area (Å²) < 4.78 is 17.7. The molecule has 0 bridgehead atoms. The summed E-state index contributed by atoms with van der Waals surface area (Å²) in [5.41, 5.74) is 7.52. The molecule has 18 nitrogen and oxygen atoms in total. The van der Waals surface area contributed by atoms with Crippen LogP contribution in [0.2, 0.25) is 0 Å². The number of anilines is 2. The average molecular weight is 961 g/mol.